The third-order valence-electron chi connectivity index (χ3n) is 5.51. The third kappa shape index (κ3) is 7.11. The van der Waals surface area contributed by atoms with Crippen LogP contribution in [0.1, 0.15) is 18.4 Å². The molecule has 11 heteroatoms. The molecule has 2 N–H and O–H groups in total. The fourth-order valence-electron chi connectivity index (χ4n) is 3.39. The van der Waals surface area contributed by atoms with E-state index >= 15 is 0 Å². The Balaban J connectivity index is 1.60. The van der Waals surface area contributed by atoms with Gasteiger partial charge in [0, 0.05) is 37.2 Å². The summed E-state index contributed by atoms with van der Waals surface area (Å²) in [6, 6.07) is 11.5. The Kier molecular flexibility index (Phi) is 9.09. The third-order valence-corrected chi connectivity index (χ3v) is 5.51. The first-order valence-corrected chi connectivity index (χ1v) is 11.1. The van der Waals surface area contributed by atoms with E-state index in [1.807, 2.05) is 24.3 Å². The van der Waals surface area contributed by atoms with Crippen molar-refractivity contribution in [1.29, 1.82) is 0 Å². The van der Waals surface area contributed by atoms with Gasteiger partial charge in [-0.2, -0.15) is 0 Å². The summed E-state index contributed by atoms with van der Waals surface area (Å²) in [5.41, 5.74) is -0.0265. The SMILES string of the molecule is COC(=O)CCC(COC(=O)Nc1cc2ccccc2cn1)N(C)C(=O)NCc1cccc(F)c1F. The lowest BCUT2D eigenvalue weighted by atomic mass is 10.1. The van der Waals surface area contributed by atoms with Gasteiger partial charge in [0.25, 0.3) is 0 Å². The van der Waals surface area contributed by atoms with Crippen LogP contribution in [-0.2, 0) is 20.8 Å². The van der Waals surface area contributed by atoms with E-state index in [1.54, 1.807) is 12.3 Å². The maximum atomic E-state index is 13.9. The Hall–Kier alpha value is -4.28. The predicted octanol–water partition coefficient (Wildman–Crippen LogP) is 4.22. The number of nitrogens with zero attached hydrogens (tertiary/aromatic N) is 2. The number of pyridine rings is 1. The molecular formula is C25H26F2N4O5. The van der Waals surface area contributed by atoms with Crippen molar-refractivity contribution in [3.05, 3.63) is 71.9 Å². The molecule has 190 valence electrons. The first-order chi connectivity index (χ1) is 17.3. The number of halogens is 2. The fraction of sp³-hybridized carbons (Fsp3) is 0.280. The van der Waals surface area contributed by atoms with Gasteiger partial charge in [-0.15, -0.1) is 0 Å². The number of benzene rings is 2. The number of methoxy groups -OCH3 is 1. The molecule has 0 saturated heterocycles. The van der Waals surface area contributed by atoms with Gasteiger partial charge in [0.15, 0.2) is 11.6 Å². The highest BCUT2D eigenvalue weighted by Crippen LogP contribution is 2.17. The van der Waals surface area contributed by atoms with E-state index in [-0.39, 0.29) is 37.4 Å². The number of esters is 1. The summed E-state index contributed by atoms with van der Waals surface area (Å²) in [6.07, 6.45) is 0.918. The van der Waals surface area contributed by atoms with Crippen LogP contribution in [0.5, 0.6) is 0 Å². The minimum atomic E-state index is -1.05. The molecule has 0 aliphatic heterocycles. The van der Waals surface area contributed by atoms with Crippen molar-refractivity contribution in [1.82, 2.24) is 15.2 Å². The van der Waals surface area contributed by atoms with Gasteiger partial charge < -0.3 is 19.7 Å². The lowest BCUT2D eigenvalue weighted by Gasteiger charge is -2.28. The van der Waals surface area contributed by atoms with Crippen LogP contribution in [0.2, 0.25) is 0 Å². The smallest absolute Gasteiger partial charge is 0.412 e. The van der Waals surface area contributed by atoms with Crippen LogP contribution in [-0.4, -0.2) is 54.8 Å². The van der Waals surface area contributed by atoms with Gasteiger partial charge in [0.2, 0.25) is 0 Å². The van der Waals surface area contributed by atoms with Crippen LogP contribution >= 0.6 is 0 Å². The minimum Gasteiger partial charge on any atom is -0.469 e. The van der Waals surface area contributed by atoms with E-state index in [2.05, 4.69) is 20.4 Å². The summed E-state index contributed by atoms with van der Waals surface area (Å²) >= 11 is 0. The van der Waals surface area contributed by atoms with Gasteiger partial charge in [-0.1, -0.05) is 36.4 Å². The zero-order valence-electron chi connectivity index (χ0n) is 19.8. The first-order valence-electron chi connectivity index (χ1n) is 11.1. The Bertz CT molecular complexity index is 1240. The standard InChI is InChI=1S/C25H26F2N4O5/c1-31(24(33)29-14-18-8-5-9-20(26)23(18)27)19(10-11-22(32)35-2)15-36-25(34)30-21-12-16-6-3-4-7-17(16)13-28-21/h3-9,12-13,19H,10-11,14-15H2,1-2H3,(H,29,33)(H,28,30,34). The molecule has 0 bridgehead atoms. The van der Waals surface area contributed by atoms with Crippen molar-refractivity contribution in [3.63, 3.8) is 0 Å². The van der Waals surface area contributed by atoms with Crippen molar-refractivity contribution < 1.29 is 32.6 Å². The molecule has 1 aromatic heterocycles. The lowest BCUT2D eigenvalue weighted by molar-refractivity contribution is -0.141. The highest BCUT2D eigenvalue weighted by molar-refractivity contribution is 5.89. The molecule has 2 aromatic carbocycles. The number of nitrogens with one attached hydrogen (secondary N) is 2. The van der Waals surface area contributed by atoms with Crippen molar-refractivity contribution in [3.8, 4) is 0 Å². The molecule has 1 atom stereocenters. The number of anilines is 1. The number of carbonyl (C=O) groups is 3. The molecular weight excluding hydrogens is 474 g/mol. The van der Waals surface area contributed by atoms with Crippen molar-refractivity contribution in [2.45, 2.75) is 25.4 Å². The van der Waals surface area contributed by atoms with Crippen LogP contribution in [0.4, 0.5) is 24.2 Å². The molecule has 36 heavy (non-hydrogen) atoms. The Morgan fingerprint density at radius 2 is 1.83 bits per heavy atom. The monoisotopic (exact) mass is 500 g/mol. The molecule has 0 spiro atoms. The van der Waals surface area contributed by atoms with Crippen LogP contribution in [0.3, 0.4) is 0 Å². The van der Waals surface area contributed by atoms with Crippen LogP contribution < -0.4 is 10.6 Å². The van der Waals surface area contributed by atoms with E-state index in [4.69, 9.17) is 4.74 Å². The molecule has 0 radical (unpaired) electrons. The number of rotatable bonds is 9. The lowest BCUT2D eigenvalue weighted by Crippen LogP contribution is -2.46. The molecule has 1 heterocycles. The van der Waals surface area contributed by atoms with Gasteiger partial charge >= 0.3 is 18.1 Å². The topological polar surface area (TPSA) is 110 Å². The first kappa shape index (κ1) is 26.3. The van der Waals surface area contributed by atoms with Gasteiger partial charge in [-0.3, -0.25) is 10.1 Å². The van der Waals surface area contributed by atoms with Crippen molar-refractivity contribution in [2.24, 2.45) is 0 Å². The zero-order valence-corrected chi connectivity index (χ0v) is 19.8. The largest absolute Gasteiger partial charge is 0.469 e. The highest BCUT2D eigenvalue weighted by Gasteiger charge is 2.23. The van der Waals surface area contributed by atoms with E-state index in [0.717, 1.165) is 16.8 Å². The number of amides is 3. The zero-order chi connectivity index (χ0) is 26.1. The Morgan fingerprint density at radius 3 is 2.58 bits per heavy atom. The number of urea groups is 1. The average Bonchev–Trinajstić information content (AvgIpc) is 2.88. The summed E-state index contributed by atoms with van der Waals surface area (Å²) in [5.74, 6) is -2.29. The number of hydrogen-bond donors (Lipinski definition) is 2. The van der Waals surface area contributed by atoms with Gasteiger partial charge in [0.1, 0.15) is 12.4 Å². The predicted molar refractivity (Wildman–Crippen MR) is 128 cm³/mol. The van der Waals surface area contributed by atoms with E-state index in [1.165, 1.54) is 31.2 Å². The second-order valence-electron chi connectivity index (χ2n) is 7.89. The number of fused-ring (bicyclic) bond motifs is 1. The second kappa shape index (κ2) is 12.4. The van der Waals surface area contributed by atoms with E-state index in [0.29, 0.717) is 0 Å². The molecule has 3 amide bonds. The number of likely N-dealkylation sites (N-methyl/N-ethyl adjacent to an activating group) is 1. The van der Waals surface area contributed by atoms with E-state index in [9.17, 15) is 23.2 Å². The molecule has 9 nitrogen and oxygen atoms in total. The molecule has 0 aliphatic rings. The quantitative estimate of drug-likeness (QED) is 0.426. The summed E-state index contributed by atoms with van der Waals surface area (Å²) in [6.45, 7) is -0.500. The number of aromatic nitrogens is 1. The van der Waals surface area contributed by atoms with Crippen LogP contribution in [0, 0.1) is 11.6 Å². The Morgan fingerprint density at radius 1 is 1.08 bits per heavy atom. The summed E-state index contributed by atoms with van der Waals surface area (Å²) in [5, 5.41) is 6.81. The Labute approximate surface area is 206 Å². The molecule has 3 aromatic rings. The molecule has 3 rings (SSSR count). The van der Waals surface area contributed by atoms with Crippen LogP contribution in [0.25, 0.3) is 10.8 Å². The van der Waals surface area contributed by atoms with Crippen molar-refractivity contribution >= 4 is 34.7 Å². The maximum Gasteiger partial charge on any atom is 0.412 e. The van der Waals surface area contributed by atoms with Gasteiger partial charge in [-0.25, -0.2) is 23.4 Å². The summed E-state index contributed by atoms with van der Waals surface area (Å²) in [4.78, 5) is 42.0. The summed E-state index contributed by atoms with van der Waals surface area (Å²) < 4.78 is 37.2. The number of hydrogen-bond acceptors (Lipinski definition) is 6. The minimum absolute atomic E-state index is 0.0265. The van der Waals surface area contributed by atoms with Crippen LogP contribution in [0.15, 0.2) is 54.7 Å². The maximum absolute atomic E-state index is 13.9. The number of carbonyl (C=O) groups excluding carboxylic acids is 3. The second-order valence-corrected chi connectivity index (χ2v) is 7.89. The molecule has 0 aliphatic carbocycles. The van der Waals surface area contributed by atoms with Crippen molar-refractivity contribution in [2.75, 3.05) is 26.1 Å². The average molecular weight is 501 g/mol. The molecule has 1 unspecified atom stereocenters. The highest BCUT2D eigenvalue weighted by atomic mass is 19.2. The molecule has 0 fully saturated rings. The van der Waals surface area contributed by atoms with E-state index < -0.39 is 35.8 Å². The number of ether oxygens (including phenoxy) is 2. The molecule has 0 saturated carbocycles. The fourth-order valence-corrected chi connectivity index (χ4v) is 3.39. The van der Waals surface area contributed by atoms with Gasteiger partial charge in [0.05, 0.1) is 13.2 Å². The summed E-state index contributed by atoms with van der Waals surface area (Å²) in [7, 11) is 2.67. The van der Waals surface area contributed by atoms with Gasteiger partial charge in [-0.05, 0) is 23.9 Å². The normalized spacial score (nSPS) is 11.4.